The highest BCUT2D eigenvalue weighted by Gasteiger charge is 2.29. The molecule has 0 spiro atoms. The summed E-state index contributed by atoms with van der Waals surface area (Å²) in [7, 11) is 0. The Morgan fingerprint density at radius 1 is 1.57 bits per heavy atom. The van der Waals surface area contributed by atoms with Crippen LogP contribution >= 0.6 is 11.3 Å². The number of hydrogen-bond acceptors (Lipinski definition) is 4. The van der Waals surface area contributed by atoms with Gasteiger partial charge in [0, 0.05) is 11.8 Å². The maximum Gasteiger partial charge on any atom is 0.0897 e. The molecule has 78 valence electrons. The molecule has 0 amide bonds. The Labute approximate surface area is 88.2 Å². The first-order chi connectivity index (χ1) is 6.68. The largest absolute Gasteiger partial charge is 0.389 e. The molecule has 0 bridgehead atoms. The van der Waals surface area contributed by atoms with Crippen molar-refractivity contribution in [3.63, 3.8) is 0 Å². The summed E-state index contributed by atoms with van der Waals surface area (Å²) < 4.78 is 0. The van der Waals surface area contributed by atoms with Crippen LogP contribution in [0.1, 0.15) is 23.5 Å². The second-order valence-electron chi connectivity index (χ2n) is 4.01. The van der Waals surface area contributed by atoms with E-state index < -0.39 is 5.60 Å². The normalized spacial score (nSPS) is 21.0. The van der Waals surface area contributed by atoms with E-state index in [0.717, 1.165) is 36.6 Å². The van der Waals surface area contributed by atoms with Crippen molar-refractivity contribution < 1.29 is 5.11 Å². The van der Waals surface area contributed by atoms with Crippen molar-refractivity contribution in [1.82, 2.24) is 10.3 Å². The van der Waals surface area contributed by atoms with Crippen molar-refractivity contribution in [3.05, 3.63) is 16.1 Å². The van der Waals surface area contributed by atoms with Gasteiger partial charge in [0.25, 0.3) is 0 Å². The summed E-state index contributed by atoms with van der Waals surface area (Å²) in [6, 6.07) is 0. The molecule has 0 unspecified atom stereocenters. The first-order valence-corrected chi connectivity index (χ1v) is 5.90. The summed E-state index contributed by atoms with van der Waals surface area (Å²) in [6.07, 6.45) is 2.38. The Bertz CT molecular complexity index is 305. The number of aromatic nitrogens is 1. The zero-order valence-corrected chi connectivity index (χ0v) is 9.23. The van der Waals surface area contributed by atoms with Crippen LogP contribution < -0.4 is 5.32 Å². The molecule has 0 atom stereocenters. The Kier molecular flexibility index (Phi) is 2.85. The fourth-order valence-corrected chi connectivity index (χ4v) is 2.51. The summed E-state index contributed by atoms with van der Waals surface area (Å²) >= 11 is 1.65. The van der Waals surface area contributed by atoms with Crippen molar-refractivity contribution in [2.75, 3.05) is 13.1 Å². The average Bonchev–Trinajstić information content (AvgIpc) is 2.51. The van der Waals surface area contributed by atoms with Crippen molar-refractivity contribution in [2.45, 2.75) is 31.8 Å². The van der Waals surface area contributed by atoms with Crippen LogP contribution in [-0.4, -0.2) is 28.8 Å². The molecular weight excluding hydrogens is 196 g/mol. The second kappa shape index (κ2) is 3.96. The lowest BCUT2D eigenvalue weighted by atomic mass is 9.88. The highest BCUT2D eigenvalue weighted by Crippen LogP contribution is 2.23. The van der Waals surface area contributed by atoms with E-state index in [9.17, 15) is 5.11 Å². The molecule has 1 aromatic rings. The molecule has 0 aliphatic carbocycles. The lowest BCUT2D eigenvalue weighted by molar-refractivity contribution is 0.0101. The standard InChI is InChI=1S/C10H16N2OS/c1-8-12-9(7-14-8)6-10(13)2-4-11-5-3-10/h7,11,13H,2-6H2,1H3. The zero-order valence-electron chi connectivity index (χ0n) is 8.42. The summed E-state index contributed by atoms with van der Waals surface area (Å²) in [4.78, 5) is 4.39. The predicted octanol–water partition coefficient (Wildman–Crippen LogP) is 1.11. The van der Waals surface area contributed by atoms with Crippen molar-refractivity contribution in [3.8, 4) is 0 Å². The van der Waals surface area contributed by atoms with Crippen molar-refractivity contribution in [1.29, 1.82) is 0 Å². The van der Waals surface area contributed by atoms with Gasteiger partial charge in [0.05, 0.1) is 16.3 Å². The van der Waals surface area contributed by atoms with Crippen LogP contribution in [-0.2, 0) is 6.42 Å². The number of nitrogens with one attached hydrogen (secondary N) is 1. The Morgan fingerprint density at radius 2 is 2.29 bits per heavy atom. The minimum absolute atomic E-state index is 0.522. The molecule has 14 heavy (non-hydrogen) atoms. The molecule has 3 nitrogen and oxygen atoms in total. The number of aliphatic hydroxyl groups is 1. The maximum absolute atomic E-state index is 10.3. The highest BCUT2D eigenvalue weighted by atomic mass is 32.1. The summed E-state index contributed by atoms with van der Waals surface area (Å²) in [5.74, 6) is 0. The third kappa shape index (κ3) is 2.32. The van der Waals surface area contributed by atoms with Crippen molar-refractivity contribution >= 4 is 11.3 Å². The van der Waals surface area contributed by atoms with Gasteiger partial charge in [-0.05, 0) is 32.9 Å². The molecule has 0 aromatic carbocycles. The van der Waals surface area contributed by atoms with Crippen molar-refractivity contribution in [2.24, 2.45) is 0 Å². The average molecular weight is 212 g/mol. The van der Waals surface area contributed by atoms with Crippen LogP contribution in [0.25, 0.3) is 0 Å². The third-order valence-electron chi connectivity index (χ3n) is 2.71. The number of hydrogen-bond donors (Lipinski definition) is 2. The third-order valence-corrected chi connectivity index (χ3v) is 3.53. The lowest BCUT2D eigenvalue weighted by Crippen LogP contribution is -2.43. The fraction of sp³-hybridized carbons (Fsp3) is 0.700. The molecule has 1 aliphatic heterocycles. The molecule has 4 heteroatoms. The molecule has 1 aliphatic rings. The van der Waals surface area contributed by atoms with E-state index in [4.69, 9.17) is 0 Å². The number of rotatable bonds is 2. The van der Waals surface area contributed by atoms with Crippen LogP contribution in [0.5, 0.6) is 0 Å². The van der Waals surface area contributed by atoms with Crippen LogP contribution in [0, 0.1) is 6.92 Å². The van der Waals surface area contributed by atoms with Gasteiger partial charge in [-0.2, -0.15) is 0 Å². The minimum Gasteiger partial charge on any atom is -0.389 e. The van der Waals surface area contributed by atoms with Crippen LogP contribution in [0.4, 0.5) is 0 Å². The smallest absolute Gasteiger partial charge is 0.0897 e. The highest BCUT2D eigenvalue weighted by molar-refractivity contribution is 7.09. The van der Waals surface area contributed by atoms with Crippen LogP contribution in [0.15, 0.2) is 5.38 Å². The van der Waals surface area contributed by atoms with E-state index in [2.05, 4.69) is 15.7 Å². The lowest BCUT2D eigenvalue weighted by Gasteiger charge is -2.31. The molecule has 1 saturated heterocycles. The molecule has 2 heterocycles. The molecule has 2 rings (SSSR count). The molecule has 0 radical (unpaired) electrons. The van der Waals surface area contributed by atoms with Crippen LogP contribution in [0.3, 0.4) is 0 Å². The Morgan fingerprint density at radius 3 is 2.86 bits per heavy atom. The number of nitrogens with zero attached hydrogens (tertiary/aromatic N) is 1. The van der Waals surface area contributed by atoms with E-state index in [0.29, 0.717) is 6.42 Å². The number of thiazole rings is 1. The molecular formula is C10H16N2OS. The summed E-state index contributed by atoms with van der Waals surface area (Å²) in [5, 5.41) is 16.6. The van der Waals surface area contributed by atoms with Gasteiger partial charge in [-0.3, -0.25) is 0 Å². The van der Waals surface area contributed by atoms with Crippen LogP contribution in [0.2, 0.25) is 0 Å². The molecule has 0 saturated carbocycles. The quantitative estimate of drug-likeness (QED) is 0.772. The van der Waals surface area contributed by atoms with Gasteiger partial charge in [-0.15, -0.1) is 11.3 Å². The summed E-state index contributed by atoms with van der Waals surface area (Å²) in [5.41, 5.74) is 0.517. The zero-order chi connectivity index (χ0) is 10.0. The van der Waals surface area contributed by atoms with Gasteiger partial charge in [-0.25, -0.2) is 4.98 Å². The monoisotopic (exact) mass is 212 g/mol. The topological polar surface area (TPSA) is 45.2 Å². The summed E-state index contributed by atoms with van der Waals surface area (Å²) in [6.45, 7) is 3.83. The SMILES string of the molecule is Cc1nc(CC2(O)CCNCC2)cs1. The molecule has 1 fully saturated rings. The molecule has 1 aromatic heterocycles. The van der Waals surface area contributed by atoms with E-state index >= 15 is 0 Å². The maximum atomic E-state index is 10.3. The predicted molar refractivity (Wildman–Crippen MR) is 57.6 cm³/mol. The van der Waals surface area contributed by atoms with Gasteiger partial charge in [0.2, 0.25) is 0 Å². The second-order valence-corrected chi connectivity index (χ2v) is 5.07. The first-order valence-electron chi connectivity index (χ1n) is 5.02. The number of aryl methyl sites for hydroxylation is 1. The first kappa shape index (κ1) is 10.1. The number of piperidine rings is 1. The van der Waals surface area contributed by atoms with E-state index in [1.54, 1.807) is 11.3 Å². The Balaban J connectivity index is 2.01. The van der Waals surface area contributed by atoms with E-state index in [-0.39, 0.29) is 0 Å². The Hall–Kier alpha value is -0.450. The van der Waals surface area contributed by atoms with Gasteiger partial charge in [0.15, 0.2) is 0 Å². The van der Waals surface area contributed by atoms with E-state index in [1.807, 2.05) is 6.92 Å². The fourth-order valence-electron chi connectivity index (χ4n) is 1.90. The van der Waals surface area contributed by atoms with Gasteiger partial charge >= 0.3 is 0 Å². The van der Waals surface area contributed by atoms with Gasteiger partial charge < -0.3 is 10.4 Å². The van der Waals surface area contributed by atoms with E-state index in [1.165, 1.54) is 0 Å². The van der Waals surface area contributed by atoms with Gasteiger partial charge in [0.1, 0.15) is 0 Å². The van der Waals surface area contributed by atoms with Gasteiger partial charge in [-0.1, -0.05) is 0 Å². The molecule has 2 N–H and O–H groups in total. The minimum atomic E-state index is -0.522.